The Morgan fingerprint density at radius 1 is 1.56 bits per heavy atom. The molecule has 1 heterocycles. The van der Waals surface area contributed by atoms with Gasteiger partial charge in [-0.15, -0.1) is 0 Å². The fourth-order valence-corrected chi connectivity index (χ4v) is 0.425. The number of carbonyl (C=O) groups is 1. The molecule has 0 aromatic carbocycles. The van der Waals surface area contributed by atoms with Gasteiger partial charge in [-0.1, -0.05) is 0 Å². The molecule has 0 aliphatic carbocycles. The first-order valence-electron chi connectivity index (χ1n) is 2.32. The third kappa shape index (κ3) is 1.25. The number of rotatable bonds is 0. The molecule has 5 heteroatoms. The molecular formula is C4H5N3O2. The fourth-order valence-electron chi connectivity index (χ4n) is 0.425. The second-order valence-electron chi connectivity index (χ2n) is 1.43. The molecule has 5 nitrogen and oxygen atoms in total. The van der Waals surface area contributed by atoms with E-state index in [1.165, 1.54) is 12.7 Å². The van der Waals surface area contributed by atoms with Crippen molar-refractivity contribution in [1.29, 1.82) is 0 Å². The van der Waals surface area contributed by atoms with E-state index in [4.69, 9.17) is 5.11 Å². The van der Waals surface area contributed by atoms with Crippen molar-refractivity contribution in [3.05, 3.63) is 0 Å². The summed E-state index contributed by atoms with van der Waals surface area (Å²) < 4.78 is 0. The minimum Gasteiger partial charge on any atom is -0.464 e. The van der Waals surface area contributed by atoms with Crippen LogP contribution in [0.3, 0.4) is 0 Å². The van der Waals surface area contributed by atoms with Crippen LogP contribution in [0.2, 0.25) is 0 Å². The Balaban J connectivity index is 2.60. The van der Waals surface area contributed by atoms with Crippen LogP contribution < -0.4 is 0 Å². The number of hydrogen-bond donors (Lipinski definition) is 1. The van der Waals surface area contributed by atoms with Crippen LogP contribution in [0.1, 0.15) is 0 Å². The Labute approximate surface area is 51.3 Å². The quantitative estimate of drug-likeness (QED) is 0.497. The maximum atomic E-state index is 10.1. The number of aliphatic imine (C=N–C) groups is 2. The van der Waals surface area contributed by atoms with Gasteiger partial charge >= 0.3 is 6.09 Å². The van der Waals surface area contributed by atoms with Gasteiger partial charge in [0.1, 0.15) is 19.3 Å². The van der Waals surface area contributed by atoms with Crippen molar-refractivity contribution in [3.63, 3.8) is 0 Å². The summed E-state index contributed by atoms with van der Waals surface area (Å²) in [5.41, 5.74) is 0. The van der Waals surface area contributed by atoms with Gasteiger partial charge in [-0.3, -0.25) is 9.98 Å². The lowest BCUT2D eigenvalue weighted by atomic mass is 10.8. The maximum absolute atomic E-state index is 10.1. The summed E-state index contributed by atoms with van der Waals surface area (Å²) in [6, 6.07) is 0. The molecule has 0 atom stereocenters. The van der Waals surface area contributed by atoms with Crippen LogP contribution in [0.4, 0.5) is 4.79 Å². The van der Waals surface area contributed by atoms with Gasteiger partial charge in [-0.2, -0.15) is 0 Å². The van der Waals surface area contributed by atoms with Gasteiger partial charge in [-0.25, -0.2) is 9.69 Å². The van der Waals surface area contributed by atoms with E-state index < -0.39 is 6.09 Å². The van der Waals surface area contributed by atoms with Crippen molar-refractivity contribution in [1.82, 2.24) is 4.90 Å². The molecule has 48 valence electrons. The summed E-state index contributed by atoms with van der Waals surface area (Å²) in [5, 5.41) is 8.28. The van der Waals surface area contributed by atoms with Gasteiger partial charge in [0.15, 0.2) is 0 Å². The van der Waals surface area contributed by atoms with Crippen LogP contribution in [0, 0.1) is 0 Å². The van der Waals surface area contributed by atoms with Crippen LogP contribution in [0.5, 0.6) is 0 Å². The molecule has 9 heavy (non-hydrogen) atoms. The van der Waals surface area contributed by atoms with E-state index >= 15 is 0 Å². The van der Waals surface area contributed by atoms with Crippen LogP contribution in [0.15, 0.2) is 9.98 Å². The van der Waals surface area contributed by atoms with Gasteiger partial charge in [0.2, 0.25) is 0 Å². The average molecular weight is 127 g/mol. The second-order valence-corrected chi connectivity index (χ2v) is 1.43. The van der Waals surface area contributed by atoms with E-state index in [1.54, 1.807) is 0 Å². The van der Waals surface area contributed by atoms with Gasteiger partial charge in [-0.05, 0) is 0 Å². The van der Waals surface area contributed by atoms with E-state index in [9.17, 15) is 4.79 Å². The highest BCUT2D eigenvalue weighted by Crippen LogP contribution is 1.86. The molecule has 0 spiro atoms. The van der Waals surface area contributed by atoms with Gasteiger partial charge in [0, 0.05) is 0 Å². The van der Waals surface area contributed by atoms with Crippen molar-refractivity contribution < 1.29 is 9.90 Å². The number of hydrogen-bond acceptors (Lipinski definition) is 3. The van der Waals surface area contributed by atoms with Crippen molar-refractivity contribution in [2.45, 2.75) is 0 Å². The number of amides is 1. The highest BCUT2D eigenvalue weighted by molar-refractivity contribution is 5.95. The number of carboxylic acid groups (broad SMARTS) is 1. The first-order chi connectivity index (χ1) is 4.30. The Hall–Kier alpha value is -1.39. The monoisotopic (exact) mass is 127 g/mol. The zero-order chi connectivity index (χ0) is 6.69. The molecule has 1 rings (SSSR count). The Morgan fingerprint density at radius 3 is 2.44 bits per heavy atom. The highest BCUT2D eigenvalue weighted by atomic mass is 16.4. The maximum Gasteiger partial charge on any atom is 0.417 e. The highest BCUT2D eigenvalue weighted by Gasteiger charge is 2.05. The third-order valence-electron chi connectivity index (χ3n) is 0.796. The first-order valence-corrected chi connectivity index (χ1v) is 2.32. The lowest BCUT2D eigenvalue weighted by Gasteiger charge is -2.07. The smallest absolute Gasteiger partial charge is 0.417 e. The van der Waals surface area contributed by atoms with E-state index in [0.29, 0.717) is 6.67 Å². The summed E-state index contributed by atoms with van der Waals surface area (Å²) in [7, 11) is 0. The predicted octanol–water partition coefficient (Wildman–Crippen LogP) is -0.00590. The molecule has 0 bridgehead atoms. The molecule has 0 saturated heterocycles. The Morgan fingerprint density at radius 2 is 2.11 bits per heavy atom. The summed E-state index contributed by atoms with van der Waals surface area (Å²) in [6.45, 7) is 0.323. The van der Waals surface area contributed by atoms with Gasteiger partial charge in [0.05, 0.1) is 0 Å². The van der Waals surface area contributed by atoms with E-state index in [0.717, 1.165) is 4.90 Å². The van der Waals surface area contributed by atoms with Crippen LogP contribution in [0.25, 0.3) is 0 Å². The first kappa shape index (κ1) is 5.74. The zero-order valence-corrected chi connectivity index (χ0v) is 4.56. The SMILES string of the molecule is O=C(O)N1C=NCN=C1. The Kier molecular flexibility index (Phi) is 1.44. The molecule has 0 fully saturated rings. The van der Waals surface area contributed by atoms with E-state index in [1.807, 2.05) is 0 Å². The fraction of sp³-hybridized carbons (Fsp3) is 0.250. The molecule has 1 aliphatic rings. The Bertz CT molecular complexity index is 163. The van der Waals surface area contributed by atoms with E-state index in [2.05, 4.69) is 9.98 Å². The molecule has 0 radical (unpaired) electrons. The summed E-state index contributed by atoms with van der Waals surface area (Å²) in [4.78, 5) is 18.2. The van der Waals surface area contributed by atoms with Gasteiger partial charge < -0.3 is 5.11 Å². The molecule has 0 unspecified atom stereocenters. The van der Waals surface area contributed by atoms with Crippen LogP contribution in [-0.2, 0) is 0 Å². The van der Waals surface area contributed by atoms with Crippen molar-refractivity contribution in [2.24, 2.45) is 9.98 Å². The zero-order valence-electron chi connectivity index (χ0n) is 4.56. The minimum atomic E-state index is -1.07. The molecule has 0 aromatic heterocycles. The summed E-state index contributed by atoms with van der Waals surface area (Å²) >= 11 is 0. The lowest BCUT2D eigenvalue weighted by Crippen LogP contribution is -2.28. The van der Waals surface area contributed by atoms with Crippen LogP contribution in [-0.4, -0.2) is 35.4 Å². The molecule has 1 N–H and O–H groups in total. The summed E-state index contributed by atoms with van der Waals surface area (Å²) in [5.74, 6) is 0. The lowest BCUT2D eigenvalue weighted by molar-refractivity contribution is 0.185. The average Bonchev–Trinajstić information content (AvgIpc) is 1.90. The van der Waals surface area contributed by atoms with Crippen LogP contribution >= 0.6 is 0 Å². The molecule has 0 saturated carbocycles. The molecule has 0 aromatic rings. The topological polar surface area (TPSA) is 65.3 Å². The molecule has 1 amide bonds. The standard InChI is InChI=1S/C4H5N3O2/c8-4(9)7-2-5-1-6-3-7/h2-3H,1H2,(H,8,9). The summed E-state index contributed by atoms with van der Waals surface area (Å²) in [6.07, 6.45) is 1.37. The normalized spacial score (nSPS) is 16.2. The second kappa shape index (κ2) is 2.25. The van der Waals surface area contributed by atoms with Crippen molar-refractivity contribution >= 4 is 18.8 Å². The largest absolute Gasteiger partial charge is 0.464 e. The molecular weight excluding hydrogens is 122 g/mol. The predicted molar refractivity (Wildman–Crippen MR) is 31.7 cm³/mol. The minimum absolute atomic E-state index is 0.323. The van der Waals surface area contributed by atoms with Crippen molar-refractivity contribution in [3.8, 4) is 0 Å². The number of nitrogens with zero attached hydrogens (tertiary/aromatic N) is 3. The third-order valence-corrected chi connectivity index (χ3v) is 0.796. The molecule has 1 aliphatic heterocycles. The van der Waals surface area contributed by atoms with E-state index in [-0.39, 0.29) is 0 Å². The van der Waals surface area contributed by atoms with Crippen molar-refractivity contribution in [2.75, 3.05) is 6.67 Å². The van der Waals surface area contributed by atoms with Gasteiger partial charge in [0.25, 0.3) is 0 Å².